The van der Waals surface area contributed by atoms with Crippen LogP contribution < -0.4 is 4.90 Å². The number of furan rings is 1. The molecule has 0 fully saturated rings. The number of hydrogen-bond donors (Lipinski definition) is 0. The van der Waals surface area contributed by atoms with Crippen molar-refractivity contribution in [3.05, 3.63) is 84.1 Å². The minimum Gasteiger partial charge on any atom is -0.468 e. The van der Waals surface area contributed by atoms with E-state index >= 15 is 0 Å². The maximum atomic E-state index is 14.2. The van der Waals surface area contributed by atoms with Gasteiger partial charge in [-0.3, -0.25) is 4.79 Å². The van der Waals surface area contributed by atoms with Gasteiger partial charge in [0.2, 0.25) is 15.9 Å². The van der Waals surface area contributed by atoms with E-state index in [-0.39, 0.29) is 12.5 Å². The molecule has 29 heavy (non-hydrogen) atoms. The Morgan fingerprint density at radius 2 is 1.83 bits per heavy atom. The van der Waals surface area contributed by atoms with E-state index in [1.165, 1.54) is 24.5 Å². The van der Waals surface area contributed by atoms with Gasteiger partial charge in [-0.2, -0.15) is 4.31 Å². The lowest BCUT2D eigenvalue weighted by Crippen LogP contribution is -2.42. The number of halogens is 1. The average Bonchev–Trinajstić information content (AvgIpc) is 3.37. The summed E-state index contributed by atoms with van der Waals surface area (Å²) in [6.07, 6.45) is 2.13. The van der Waals surface area contributed by atoms with Crippen LogP contribution in [0.4, 0.5) is 10.1 Å². The first-order chi connectivity index (χ1) is 14.0. The molecule has 6 nitrogen and oxygen atoms in total. The monoisotopic (exact) mass is 414 g/mol. The molecule has 2 heterocycles. The van der Waals surface area contributed by atoms with Gasteiger partial charge >= 0.3 is 0 Å². The molecule has 0 unspecified atom stereocenters. The highest BCUT2D eigenvalue weighted by Gasteiger charge is 2.33. The van der Waals surface area contributed by atoms with Gasteiger partial charge in [-0.25, -0.2) is 12.8 Å². The number of benzene rings is 2. The lowest BCUT2D eigenvalue weighted by molar-refractivity contribution is -0.118. The molecule has 0 aliphatic carbocycles. The van der Waals surface area contributed by atoms with Crippen molar-refractivity contribution in [2.75, 3.05) is 18.0 Å². The van der Waals surface area contributed by atoms with E-state index < -0.39 is 27.3 Å². The van der Waals surface area contributed by atoms with Crippen LogP contribution in [-0.4, -0.2) is 31.7 Å². The Labute approximate surface area is 168 Å². The van der Waals surface area contributed by atoms with Gasteiger partial charge in [0.15, 0.2) is 0 Å². The molecule has 1 aromatic heterocycles. The third kappa shape index (κ3) is 3.81. The molecule has 0 atom stereocenters. The second kappa shape index (κ2) is 7.81. The van der Waals surface area contributed by atoms with Gasteiger partial charge in [-0.05, 0) is 42.3 Å². The molecule has 0 saturated carbocycles. The largest absolute Gasteiger partial charge is 0.468 e. The third-order valence-electron chi connectivity index (χ3n) is 4.87. The lowest BCUT2D eigenvalue weighted by atomic mass is 10.2. The summed E-state index contributed by atoms with van der Waals surface area (Å²) in [5, 5.41) is 0. The highest BCUT2D eigenvalue weighted by atomic mass is 32.2. The van der Waals surface area contributed by atoms with E-state index in [1.807, 2.05) is 24.3 Å². The molecule has 0 N–H and O–H groups in total. The normalized spacial score (nSPS) is 13.7. The van der Waals surface area contributed by atoms with Crippen LogP contribution in [0.2, 0.25) is 0 Å². The van der Waals surface area contributed by atoms with E-state index in [1.54, 1.807) is 17.0 Å². The summed E-state index contributed by atoms with van der Waals surface area (Å²) < 4.78 is 46.7. The van der Waals surface area contributed by atoms with Gasteiger partial charge in [0.25, 0.3) is 0 Å². The van der Waals surface area contributed by atoms with Crippen LogP contribution in [0.25, 0.3) is 0 Å². The highest BCUT2D eigenvalue weighted by molar-refractivity contribution is 7.89. The van der Waals surface area contributed by atoms with Crippen molar-refractivity contribution in [1.29, 1.82) is 0 Å². The SMILES string of the molecule is O=C(CN(Cc1ccco1)S(=O)(=O)c1ccccc1F)N1CCc2ccccc21. The van der Waals surface area contributed by atoms with Gasteiger partial charge in [0.1, 0.15) is 16.5 Å². The van der Waals surface area contributed by atoms with E-state index in [2.05, 4.69) is 0 Å². The van der Waals surface area contributed by atoms with E-state index in [0.29, 0.717) is 18.7 Å². The van der Waals surface area contributed by atoms with Crippen LogP contribution in [-0.2, 0) is 27.8 Å². The van der Waals surface area contributed by atoms with Gasteiger partial charge in [0, 0.05) is 12.2 Å². The predicted molar refractivity (Wildman–Crippen MR) is 105 cm³/mol. The zero-order valence-corrected chi connectivity index (χ0v) is 16.3. The number of carbonyl (C=O) groups excluding carboxylic acids is 1. The average molecular weight is 414 g/mol. The molecular weight excluding hydrogens is 395 g/mol. The van der Waals surface area contributed by atoms with E-state index in [0.717, 1.165) is 21.6 Å². The van der Waals surface area contributed by atoms with Crippen LogP contribution in [0.15, 0.2) is 76.2 Å². The summed E-state index contributed by atoms with van der Waals surface area (Å²) in [6.45, 7) is -0.122. The smallest absolute Gasteiger partial charge is 0.246 e. The molecule has 4 rings (SSSR count). The summed E-state index contributed by atoms with van der Waals surface area (Å²) in [5.74, 6) is -0.878. The summed E-state index contributed by atoms with van der Waals surface area (Å²) in [5.41, 5.74) is 1.81. The fourth-order valence-electron chi connectivity index (χ4n) is 3.43. The summed E-state index contributed by atoms with van der Waals surface area (Å²) in [6, 6.07) is 15.9. The quantitative estimate of drug-likeness (QED) is 0.621. The molecule has 0 bridgehead atoms. The Bertz CT molecular complexity index is 1130. The molecule has 1 amide bonds. The Kier molecular flexibility index (Phi) is 5.21. The van der Waals surface area contributed by atoms with Crippen molar-refractivity contribution in [3.63, 3.8) is 0 Å². The van der Waals surface area contributed by atoms with Crippen LogP contribution in [0.5, 0.6) is 0 Å². The summed E-state index contributed by atoms with van der Waals surface area (Å²) >= 11 is 0. The van der Waals surface area contributed by atoms with E-state index in [4.69, 9.17) is 4.42 Å². The number of anilines is 1. The molecular formula is C21H19FN2O4S. The molecule has 1 aliphatic heterocycles. The van der Waals surface area contributed by atoms with Gasteiger partial charge < -0.3 is 9.32 Å². The van der Waals surface area contributed by atoms with Crippen molar-refractivity contribution in [2.24, 2.45) is 0 Å². The van der Waals surface area contributed by atoms with Crippen LogP contribution in [0.1, 0.15) is 11.3 Å². The van der Waals surface area contributed by atoms with Crippen molar-refractivity contribution in [3.8, 4) is 0 Å². The summed E-state index contributed by atoms with van der Waals surface area (Å²) in [4.78, 5) is 14.1. The number of sulfonamides is 1. The fourth-order valence-corrected chi connectivity index (χ4v) is 4.85. The molecule has 3 aromatic rings. The van der Waals surface area contributed by atoms with Crippen molar-refractivity contribution in [1.82, 2.24) is 4.31 Å². The van der Waals surface area contributed by atoms with Gasteiger partial charge in [-0.15, -0.1) is 0 Å². The first-order valence-electron chi connectivity index (χ1n) is 9.12. The first-order valence-corrected chi connectivity index (χ1v) is 10.6. The molecule has 150 valence electrons. The van der Waals surface area contributed by atoms with Crippen molar-refractivity contribution in [2.45, 2.75) is 17.9 Å². The standard InChI is InChI=1S/C21H19FN2O4S/c22-18-8-2-4-10-20(18)29(26,27)23(14-17-7-5-13-28-17)15-21(25)24-12-11-16-6-1-3-9-19(16)24/h1-10,13H,11-12,14-15H2. The predicted octanol–water partition coefficient (Wildman–Crippen LogP) is 3.20. The molecule has 1 aliphatic rings. The van der Waals surface area contributed by atoms with Gasteiger partial charge in [-0.1, -0.05) is 30.3 Å². The summed E-state index contributed by atoms with van der Waals surface area (Å²) in [7, 11) is -4.26. The maximum absolute atomic E-state index is 14.2. The molecule has 0 radical (unpaired) electrons. The number of nitrogens with zero attached hydrogens (tertiary/aromatic N) is 2. The number of hydrogen-bond acceptors (Lipinski definition) is 4. The van der Waals surface area contributed by atoms with Crippen molar-refractivity contribution < 1.29 is 22.0 Å². The lowest BCUT2D eigenvalue weighted by Gasteiger charge is -2.24. The molecule has 2 aromatic carbocycles. The van der Waals surface area contributed by atoms with E-state index in [9.17, 15) is 17.6 Å². The Balaban J connectivity index is 1.65. The minimum absolute atomic E-state index is 0.176. The zero-order valence-electron chi connectivity index (χ0n) is 15.5. The molecule has 8 heteroatoms. The van der Waals surface area contributed by atoms with Crippen LogP contribution in [0, 0.1) is 5.82 Å². The highest BCUT2D eigenvalue weighted by Crippen LogP contribution is 2.28. The fraction of sp³-hybridized carbons (Fsp3) is 0.190. The number of para-hydroxylation sites is 1. The van der Waals surface area contributed by atoms with Gasteiger partial charge in [0.05, 0.1) is 19.4 Å². The van der Waals surface area contributed by atoms with Crippen LogP contribution >= 0.6 is 0 Å². The van der Waals surface area contributed by atoms with Crippen molar-refractivity contribution >= 4 is 21.6 Å². The topological polar surface area (TPSA) is 70.8 Å². The van der Waals surface area contributed by atoms with Crippen LogP contribution in [0.3, 0.4) is 0 Å². The zero-order chi connectivity index (χ0) is 20.4. The number of rotatable bonds is 6. The Hall–Kier alpha value is -2.97. The Morgan fingerprint density at radius 3 is 2.59 bits per heavy atom. The first kappa shape index (κ1) is 19.4. The number of amides is 1. The number of fused-ring (bicyclic) bond motifs is 1. The Morgan fingerprint density at radius 1 is 1.07 bits per heavy atom. The second-order valence-corrected chi connectivity index (χ2v) is 8.61. The second-order valence-electron chi connectivity index (χ2n) is 6.71. The maximum Gasteiger partial charge on any atom is 0.246 e. The molecule has 0 spiro atoms. The third-order valence-corrected chi connectivity index (χ3v) is 6.69. The molecule has 0 saturated heterocycles. The number of carbonyl (C=O) groups is 1. The minimum atomic E-state index is -4.26.